The monoisotopic (exact) mass is 220 g/mol. The van der Waals surface area contributed by atoms with Gasteiger partial charge in [-0.05, 0) is 0 Å². The van der Waals surface area contributed by atoms with Gasteiger partial charge in [-0.15, -0.1) is 0 Å². The van der Waals surface area contributed by atoms with Crippen molar-refractivity contribution in [3.05, 3.63) is 35.0 Å². The lowest BCUT2D eigenvalue weighted by molar-refractivity contribution is 0.452. The van der Waals surface area contributed by atoms with Crippen molar-refractivity contribution in [3.63, 3.8) is 0 Å². The van der Waals surface area contributed by atoms with E-state index >= 15 is 0 Å². The summed E-state index contributed by atoms with van der Waals surface area (Å²) in [5.74, 6) is -0.141. The van der Waals surface area contributed by atoms with Gasteiger partial charge in [0.15, 0.2) is 5.82 Å². The fraction of sp³-hybridized carbons (Fsp3) is 0.200. The number of aromatic nitrogens is 4. The summed E-state index contributed by atoms with van der Waals surface area (Å²) in [6, 6.07) is 0.986. The van der Waals surface area contributed by atoms with E-state index in [4.69, 9.17) is 5.11 Å². The Bertz CT molecular complexity index is 496. The van der Waals surface area contributed by atoms with Crippen molar-refractivity contribution >= 4 is 0 Å². The van der Waals surface area contributed by atoms with Crippen molar-refractivity contribution in [3.8, 4) is 17.4 Å². The van der Waals surface area contributed by atoms with Gasteiger partial charge in [0.25, 0.3) is 5.56 Å². The van der Waals surface area contributed by atoms with Gasteiger partial charge in [-0.3, -0.25) is 9.78 Å². The molecule has 2 aromatic rings. The van der Waals surface area contributed by atoms with Crippen molar-refractivity contribution in [2.45, 2.75) is 13.8 Å². The first-order valence-corrected chi connectivity index (χ1v) is 4.82. The second kappa shape index (κ2) is 5.59. The molecule has 2 heterocycles. The second-order valence-electron chi connectivity index (χ2n) is 2.54. The first-order valence-electron chi connectivity index (χ1n) is 4.82. The van der Waals surface area contributed by atoms with Crippen LogP contribution in [0.15, 0.2) is 29.5 Å². The Morgan fingerprint density at radius 2 is 2.06 bits per heavy atom. The predicted molar refractivity (Wildman–Crippen MR) is 58.9 cm³/mol. The maximum atomic E-state index is 11.0. The summed E-state index contributed by atoms with van der Waals surface area (Å²) in [4.78, 5) is 24.9. The zero-order valence-corrected chi connectivity index (χ0v) is 9.01. The molecule has 0 aromatic carbocycles. The van der Waals surface area contributed by atoms with E-state index in [0.29, 0.717) is 5.69 Å². The molecule has 0 aliphatic heterocycles. The molecule has 0 aliphatic rings. The topological polar surface area (TPSA) is 91.8 Å². The van der Waals surface area contributed by atoms with Crippen molar-refractivity contribution < 1.29 is 5.11 Å². The summed E-state index contributed by atoms with van der Waals surface area (Å²) in [5.41, 5.74) is -0.0290. The molecular formula is C10H12N4O2. The molecule has 0 bridgehead atoms. The Labute approximate surface area is 92.1 Å². The molecule has 0 atom stereocenters. The molecule has 0 saturated heterocycles. The van der Waals surface area contributed by atoms with Crippen molar-refractivity contribution in [1.82, 2.24) is 19.9 Å². The fourth-order valence-corrected chi connectivity index (χ4v) is 0.987. The first kappa shape index (κ1) is 11.8. The number of nitrogens with zero attached hydrogens (tertiary/aromatic N) is 3. The molecule has 0 spiro atoms. The molecule has 84 valence electrons. The molecule has 0 unspecified atom stereocenters. The maximum Gasteiger partial charge on any atom is 0.255 e. The van der Waals surface area contributed by atoms with Crippen LogP contribution in [0.5, 0.6) is 5.88 Å². The van der Waals surface area contributed by atoms with Gasteiger partial charge in [-0.1, -0.05) is 13.8 Å². The van der Waals surface area contributed by atoms with Crippen LogP contribution in [0.1, 0.15) is 13.8 Å². The number of hydrogen-bond donors (Lipinski definition) is 2. The van der Waals surface area contributed by atoms with E-state index in [1.165, 1.54) is 18.6 Å². The maximum absolute atomic E-state index is 11.0. The third kappa shape index (κ3) is 2.88. The van der Waals surface area contributed by atoms with Crippen LogP contribution in [0, 0.1) is 0 Å². The zero-order chi connectivity index (χ0) is 12.0. The summed E-state index contributed by atoms with van der Waals surface area (Å²) in [7, 11) is 0. The standard InChI is InChI=1S/C8H6N4O2.C2H6/c13-6-3-7(14)12-8(11-6)5-4-9-1-2-10-5;1-2/h1-4H,(H2,11,12,13,14);1-2H3. The van der Waals surface area contributed by atoms with Gasteiger partial charge in [0.1, 0.15) is 5.69 Å². The quantitative estimate of drug-likeness (QED) is 0.746. The lowest BCUT2D eigenvalue weighted by Crippen LogP contribution is -2.07. The predicted octanol–water partition coefficient (Wildman–Crippen LogP) is 0.959. The van der Waals surface area contributed by atoms with E-state index in [1.807, 2.05) is 13.8 Å². The molecule has 2 rings (SSSR count). The van der Waals surface area contributed by atoms with Crippen molar-refractivity contribution in [2.75, 3.05) is 0 Å². The fourth-order valence-electron chi connectivity index (χ4n) is 0.987. The van der Waals surface area contributed by atoms with Gasteiger partial charge in [-0.2, -0.15) is 4.98 Å². The molecule has 0 aliphatic carbocycles. The van der Waals surface area contributed by atoms with E-state index in [2.05, 4.69) is 19.9 Å². The van der Waals surface area contributed by atoms with Gasteiger partial charge in [0.2, 0.25) is 5.88 Å². The Kier molecular flexibility index (Phi) is 4.14. The molecule has 0 fully saturated rings. The highest BCUT2D eigenvalue weighted by molar-refractivity contribution is 5.46. The normalized spacial score (nSPS) is 9.12. The van der Waals surface area contributed by atoms with Crippen LogP contribution in [0.4, 0.5) is 0 Å². The van der Waals surface area contributed by atoms with Gasteiger partial charge in [-0.25, -0.2) is 4.98 Å². The van der Waals surface area contributed by atoms with Crippen molar-refractivity contribution in [1.29, 1.82) is 0 Å². The number of aromatic amines is 1. The summed E-state index contributed by atoms with van der Waals surface area (Å²) in [5, 5.41) is 9.08. The minimum absolute atomic E-state index is 0.197. The van der Waals surface area contributed by atoms with Crippen LogP contribution in [-0.2, 0) is 0 Å². The van der Waals surface area contributed by atoms with Crippen LogP contribution >= 0.6 is 0 Å². The SMILES string of the molecule is CC.O=c1cc(O)nc(-c2cnccn2)[nH]1. The van der Waals surface area contributed by atoms with E-state index in [1.54, 1.807) is 0 Å². The van der Waals surface area contributed by atoms with Crippen LogP contribution in [-0.4, -0.2) is 25.0 Å². The lowest BCUT2D eigenvalue weighted by atomic mass is 10.4. The summed E-state index contributed by atoms with van der Waals surface area (Å²) >= 11 is 0. The van der Waals surface area contributed by atoms with Crippen LogP contribution in [0.3, 0.4) is 0 Å². The molecule has 6 nitrogen and oxygen atoms in total. The molecule has 2 N–H and O–H groups in total. The molecule has 2 aromatic heterocycles. The third-order valence-corrected chi connectivity index (χ3v) is 1.53. The molecule has 16 heavy (non-hydrogen) atoms. The van der Waals surface area contributed by atoms with Gasteiger partial charge in [0, 0.05) is 12.4 Å². The van der Waals surface area contributed by atoms with Crippen LogP contribution in [0.2, 0.25) is 0 Å². The minimum atomic E-state index is -0.432. The highest BCUT2D eigenvalue weighted by Crippen LogP contribution is 2.09. The van der Waals surface area contributed by atoms with E-state index < -0.39 is 5.56 Å². The smallest absolute Gasteiger partial charge is 0.255 e. The molecule has 0 radical (unpaired) electrons. The Hall–Kier alpha value is -2.24. The zero-order valence-electron chi connectivity index (χ0n) is 9.01. The van der Waals surface area contributed by atoms with E-state index in [-0.39, 0.29) is 11.7 Å². The largest absolute Gasteiger partial charge is 0.493 e. The van der Waals surface area contributed by atoms with Gasteiger partial charge < -0.3 is 10.1 Å². The average Bonchev–Trinajstić information content (AvgIpc) is 2.32. The van der Waals surface area contributed by atoms with E-state index in [0.717, 1.165) is 6.07 Å². The summed E-state index contributed by atoms with van der Waals surface area (Å²) < 4.78 is 0. The number of rotatable bonds is 1. The highest BCUT2D eigenvalue weighted by atomic mass is 16.3. The number of hydrogen-bond acceptors (Lipinski definition) is 5. The molecular weight excluding hydrogens is 208 g/mol. The number of nitrogens with one attached hydrogen (secondary N) is 1. The Morgan fingerprint density at radius 3 is 2.62 bits per heavy atom. The lowest BCUT2D eigenvalue weighted by Gasteiger charge is -1.98. The summed E-state index contributed by atoms with van der Waals surface area (Å²) in [6.45, 7) is 4.00. The summed E-state index contributed by atoms with van der Waals surface area (Å²) in [6.07, 6.45) is 4.42. The molecule has 0 amide bonds. The first-order chi connectivity index (χ1) is 7.75. The van der Waals surface area contributed by atoms with Crippen LogP contribution in [0.25, 0.3) is 11.5 Å². The Morgan fingerprint density at radius 1 is 1.31 bits per heavy atom. The average molecular weight is 220 g/mol. The van der Waals surface area contributed by atoms with Gasteiger partial charge >= 0.3 is 0 Å². The Balaban J connectivity index is 0.000000606. The van der Waals surface area contributed by atoms with Crippen molar-refractivity contribution in [2.24, 2.45) is 0 Å². The molecule has 6 heteroatoms. The minimum Gasteiger partial charge on any atom is -0.493 e. The second-order valence-corrected chi connectivity index (χ2v) is 2.54. The third-order valence-electron chi connectivity index (χ3n) is 1.53. The number of H-pyrrole nitrogens is 1. The highest BCUT2D eigenvalue weighted by Gasteiger charge is 2.03. The van der Waals surface area contributed by atoms with Gasteiger partial charge in [0.05, 0.1) is 12.3 Å². The molecule has 0 saturated carbocycles. The number of aromatic hydroxyl groups is 1. The van der Waals surface area contributed by atoms with E-state index in [9.17, 15) is 4.79 Å². The van der Waals surface area contributed by atoms with Crippen LogP contribution < -0.4 is 5.56 Å².